The van der Waals surface area contributed by atoms with Crippen LogP contribution in [-0.4, -0.2) is 48.0 Å². The molecule has 0 aliphatic rings. The molecule has 0 fully saturated rings. The van der Waals surface area contributed by atoms with Gasteiger partial charge in [-0.25, -0.2) is 4.98 Å². The van der Waals surface area contributed by atoms with Crippen LogP contribution >= 0.6 is 0 Å². The van der Waals surface area contributed by atoms with Crippen molar-refractivity contribution in [2.75, 3.05) is 32.5 Å². The Balaban J connectivity index is 1.83. The molecule has 0 bridgehead atoms. The largest absolute Gasteiger partial charge is 0.369 e. The number of anilines is 1. The molecule has 0 atom stereocenters. The maximum absolute atomic E-state index is 12.0. The predicted molar refractivity (Wildman–Crippen MR) is 86.7 cm³/mol. The Morgan fingerprint density at radius 1 is 1.23 bits per heavy atom. The van der Waals surface area contributed by atoms with Crippen molar-refractivity contribution in [2.24, 2.45) is 0 Å². The first-order chi connectivity index (χ1) is 10.6. The van der Waals surface area contributed by atoms with Gasteiger partial charge in [-0.05, 0) is 37.9 Å². The quantitative estimate of drug-likeness (QED) is 0.808. The van der Waals surface area contributed by atoms with Gasteiger partial charge in [-0.15, -0.1) is 0 Å². The normalized spacial score (nSPS) is 10.5. The maximum atomic E-state index is 12.0. The molecule has 0 unspecified atom stereocenters. The Kier molecular flexibility index (Phi) is 5.85. The van der Waals surface area contributed by atoms with E-state index in [0.717, 1.165) is 24.5 Å². The van der Waals surface area contributed by atoms with Crippen LogP contribution < -0.4 is 10.6 Å². The average molecular weight is 299 g/mol. The van der Waals surface area contributed by atoms with Crippen LogP contribution in [0.15, 0.2) is 42.9 Å². The number of carbonyl (C=O) groups excluding carboxylic acids is 1. The maximum Gasteiger partial charge on any atom is 0.253 e. The summed E-state index contributed by atoms with van der Waals surface area (Å²) in [5, 5.41) is 6.05. The molecule has 0 saturated carbocycles. The van der Waals surface area contributed by atoms with E-state index >= 15 is 0 Å². The van der Waals surface area contributed by atoms with Gasteiger partial charge in [0, 0.05) is 38.2 Å². The number of likely N-dealkylation sites (N-methyl/N-ethyl adjacent to an activating group) is 1. The van der Waals surface area contributed by atoms with E-state index in [4.69, 9.17) is 0 Å². The lowest BCUT2D eigenvalue weighted by atomic mass is 10.2. The summed E-state index contributed by atoms with van der Waals surface area (Å²) in [6, 6.07) is 7.35. The summed E-state index contributed by atoms with van der Waals surface area (Å²) in [5.74, 6) is 0.627. The standard InChI is InChI=1S/C16H21N5O/c1-21(2)9-8-18-15-6-5-14(12-19-15)16(22)20-11-13-4-3-7-17-10-13/h3-7,10,12H,8-9,11H2,1-2H3,(H,18,19)(H,20,22). The van der Waals surface area contributed by atoms with Crippen LogP contribution in [0.25, 0.3) is 0 Å². The summed E-state index contributed by atoms with van der Waals surface area (Å²) < 4.78 is 0. The number of carbonyl (C=O) groups is 1. The smallest absolute Gasteiger partial charge is 0.253 e. The Hall–Kier alpha value is -2.47. The lowest BCUT2D eigenvalue weighted by Crippen LogP contribution is -2.23. The molecule has 0 aliphatic heterocycles. The van der Waals surface area contributed by atoms with Crippen LogP contribution in [0.5, 0.6) is 0 Å². The highest BCUT2D eigenvalue weighted by Crippen LogP contribution is 2.05. The van der Waals surface area contributed by atoms with Gasteiger partial charge in [-0.2, -0.15) is 0 Å². The molecule has 0 aromatic carbocycles. The third-order valence-corrected chi connectivity index (χ3v) is 3.07. The second-order valence-corrected chi connectivity index (χ2v) is 5.21. The summed E-state index contributed by atoms with van der Waals surface area (Å²) in [5.41, 5.74) is 1.51. The SMILES string of the molecule is CN(C)CCNc1ccc(C(=O)NCc2cccnc2)cn1. The zero-order valence-corrected chi connectivity index (χ0v) is 12.9. The molecule has 0 aliphatic carbocycles. The monoisotopic (exact) mass is 299 g/mol. The fourth-order valence-electron chi connectivity index (χ4n) is 1.83. The van der Waals surface area contributed by atoms with Crippen molar-refractivity contribution in [2.45, 2.75) is 6.54 Å². The van der Waals surface area contributed by atoms with Crippen molar-refractivity contribution < 1.29 is 4.79 Å². The van der Waals surface area contributed by atoms with Gasteiger partial charge >= 0.3 is 0 Å². The van der Waals surface area contributed by atoms with E-state index in [1.165, 1.54) is 0 Å². The summed E-state index contributed by atoms with van der Waals surface area (Å²) in [6.45, 7) is 2.19. The molecule has 2 N–H and O–H groups in total. The molecule has 2 aromatic rings. The molecule has 0 radical (unpaired) electrons. The third kappa shape index (κ3) is 5.14. The molecule has 116 valence electrons. The van der Waals surface area contributed by atoms with E-state index < -0.39 is 0 Å². The molecule has 2 rings (SSSR count). The molecule has 0 saturated heterocycles. The second-order valence-electron chi connectivity index (χ2n) is 5.21. The summed E-state index contributed by atoms with van der Waals surface area (Å²) in [4.78, 5) is 22.4. The lowest BCUT2D eigenvalue weighted by Gasteiger charge is -2.11. The van der Waals surface area contributed by atoms with Crippen molar-refractivity contribution in [1.82, 2.24) is 20.2 Å². The number of aromatic nitrogens is 2. The first-order valence-corrected chi connectivity index (χ1v) is 7.17. The number of pyridine rings is 2. The number of amides is 1. The van der Waals surface area contributed by atoms with Crippen molar-refractivity contribution in [3.8, 4) is 0 Å². The van der Waals surface area contributed by atoms with Crippen LogP contribution in [0.2, 0.25) is 0 Å². The molecule has 0 spiro atoms. The van der Waals surface area contributed by atoms with Gasteiger partial charge in [0.15, 0.2) is 0 Å². The molecule has 22 heavy (non-hydrogen) atoms. The molecule has 6 heteroatoms. The fourth-order valence-corrected chi connectivity index (χ4v) is 1.83. The minimum atomic E-state index is -0.142. The fraction of sp³-hybridized carbons (Fsp3) is 0.312. The first kappa shape index (κ1) is 15.9. The van der Waals surface area contributed by atoms with Gasteiger partial charge < -0.3 is 15.5 Å². The molecule has 2 aromatic heterocycles. The van der Waals surface area contributed by atoms with Crippen LogP contribution in [0, 0.1) is 0 Å². The average Bonchev–Trinajstić information content (AvgIpc) is 2.54. The highest BCUT2D eigenvalue weighted by atomic mass is 16.1. The minimum absolute atomic E-state index is 0.142. The molecular formula is C16H21N5O. The Bertz CT molecular complexity index is 583. The molecular weight excluding hydrogens is 278 g/mol. The van der Waals surface area contributed by atoms with Gasteiger partial charge in [0.1, 0.15) is 5.82 Å². The zero-order valence-electron chi connectivity index (χ0n) is 12.9. The molecule has 1 amide bonds. The topological polar surface area (TPSA) is 70.2 Å². The Morgan fingerprint density at radius 3 is 2.73 bits per heavy atom. The van der Waals surface area contributed by atoms with Gasteiger partial charge in [-0.1, -0.05) is 6.07 Å². The summed E-state index contributed by atoms with van der Waals surface area (Å²) in [7, 11) is 4.04. The van der Waals surface area contributed by atoms with Crippen molar-refractivity contribution >= 4 is 11.7 Å². The number of nitrogens with zero attached hydrogens (tertiary/aromatic N) is 3. The predicted octanol–water partition coefficient (Wildman–Crippen LogP) is 1.38. The number of nitrogens with one attached hydrogen (secondary N) is 2. The van der Waals surface area contributed by atoms with Gasteiger partial charge in [0.2, 0.25) is 0 Å². The number of hydrogen-bond donors (Lipinski definition) is 2. The van der Waals surface area contributed by atoms with Crippen LogP contribution in [0.4, 0.5) is 5.82 Å². The van der Waals surface area contributed by atoms with Crippen molar-refractivity contribution in [3.05, 3.63) is 54.0 Å². The van der Waals surface area contributed by atoms with Crippen LogP contribution in [0.1, 0.15) is 15.9 Å². The second kappa shape index (κ2) is 8.09. The van der Waals surface area contributed by atoms with Crippen LogP contribution in [0.3, 0.4) is 0 Å². The van der Waals surface area contributed by atoms with E-state index in [2.05, 4.69) is 25.5 Å². The van der Waals surface area contributed by atoms with Crippen LogP contribution in [-0.2, 0) is 6.54 Å². The van der Waals surface area contributed by atoms with E-state index in [1.54, 1.807) is 24.7 Å². The van der Waals surface area contributed by atoms with E-state index in [0.29, 0.717) is 12.1 Å². The lowest BCUT2D eigenvalue weighted by molar-refractivity contribution is 0.0950. The van der Waals surface area contributed by atoms with Crippen molar-refractivity contribution in [1.29, 1.82) is 0 Å². The van der Waals surface area contributed by atoms with Crippen molar-refractivity contribution in [3.63, 3.8) is 0 Å². The highest BCUT2D eigenvalue weighted by molar-refractivity contribution is 5.93. The first-order valence-electron chi connectivity index (χ1n) is 7.17. The molecule has 2 heterocycles. The van der Waals surface area contributed by atoms with Gasteiger partial charge in [0.05, 0.1) is 5.56 Å². The summed E-state index contributed by atoms with van der Waals surface area (Å²) >= 11 is 0. The van der Waals surface area contributed by atoms with E-state index in [1.807, 2.05) is 32.3 Å². The minimum Gasteiger partial charge on any atom is -0.369 e. The van der Waals surface area contributed by atoms with Gasteiger partial charge in [0.25, 0.3) is 5.91 Å². The number of hydrogen-bond acceptors (Lipinski definition) is 5. The zero-order chi connectivity index (χ0) is 15.8. The Morgan fingerprint density at radius 2 is 2.09 bits per heavy atom. The molecule has 6 nitrogen and oxygen atoms in total. The van der Waals surface area contributed by atoms with Gasteiger partial charge in [-0.3, -0.25) is 9.78 Å². The van der Waals surface area contributed by atoms with E-state index in [-0.39, 0.29) is 5.91 Å². The summed E-state index contributed by atoms with van der Waals surface area (Å²) in [6.07, 6.45) is 5.02. The van der Waals surface area contributed by atoms with E-state index in [9.17, 15) is 4.79 Å². The number of rotatable bonds is 7. The Labute approximate surface area is 130 Å². The third-order valence-electron chi connectivity index (χ3n) is 3.07. The highest BCUT2D eigenvalue weighted by Gasteiger charge is 2.06.